The third-order valence-corrected chi connectivity index (χ3v) is 5.23. The lowest BCUT2D eigenvalue weighted by Gasteiger charge is -2.16. The smallest absolute Gasteiger partial charge is 0.191 e. The second-order valence-corrected chi connectivity index (χ2v) is 6.97. The van der Waals surface area contributed by atoms with Crippen molar-refractivity contribution in [1.82, 2.24) is 20.1 Å². The van der Waals surface area contributed by atoms with Crippen molar-refractivity contribution < 1.29 is 0 Å². The van der Waals surface area contributed by atoms with Gasteiger partial charge in [-0.25, -0.2) is 0 Å². The van der Waals surface area contributed by atoms with E-state index in [1.165, 1.54) is 50.8 Å². The molecule has 1 atom stereocenters. The SMILES string of the molecule is CCCNC(CC)CCCSc1nnc2n1CCCCC2. The maximum absolute atomic E-state index is 4.39. The summed E-state index contributed by atoms with van der Waals surface area (Å²) in [4.78, 5) is 0. The number of thioether (sulfide) groups is 1. The van der Waals surface area contributed by atoms with Crippen LogP contribution in [0.1, 0.15) is 64.6 Å². The molecular formula is C16H30N4S. The molecule has 2 heterocycles. The number of hydrogen-bond acceptors (Lipinski definition) is 4. The van der Waals surface area contributed by atoms with Gasteiger partial charge in [-0.3, -0.25) is 0 Å². The molecule has 1 unspecified atom stereocenters. The predicted molar refractivity (Wildman–Crippen MR) is 89.9 cm³/mol. The molecule has 1 aromatic rings. The number of rotatable bonds is 9. The van der Waals surface area contributed by atoms with Crippen LogP contribution in [0.5, 0.6) is 0 Å². The van der Waals surface area contributed by atoms with Crippen molar-refractivity contribution in [3.8, 4) is 0 Å². The van der Waals surface area contributed by atoms with E-state index < -0.39 is 0 Å². The van der Waals surface area contributed by atoms with Gasteiger partial charge in [0, 0.05) is 24.8 Å². The first-order chi connectivity index (χ1) is 10.3. The summed E-state index contributed by atoms with van der Waals surface area (Å²) in [6.07, 6.45) is 9.94. The number of aryl methyl sites for hydroxylation is 1. The lowest BCUT2D eigenvalue weighted by atomic mass is 10.1. The highest BCUT2D eigenvalue weighted by Crippen LogP contribution is 2.22. The Hall–Kier alpha value is -0.550. The van der Waals surface area contributed by atoms with Gasteiger partial charge in [0.1, 0.15) is 5.82 Å². The lowest BCUT2D eigenvalue weighted by molar-refractivity contribution is 0.465. The van der Waals surface area contributed by atoms with E-state index in [0.717, 1.165) is 30.4 Å². The maximum atomic E-state index is 4.39. The molecule has 120 valence electrons. The van der Waals surface area contributed by atoms with Crippen LogP contribution in [0.4, 0.5) is 0 Å². The number of nitrogens with zero attached hydrogens (tertiary/aromatic N) is 3. The first kappa shape index (κ1) is 16.8. The first-order valence-corrected chi connectivity index (χ1v) is 9.62. The molecule has 5 heteroatoms. The van der Waals surface area contributed by atoms with Crippen LogP contribution in [0, 0.1) is 0 Å². The predicted octanol–water partition coefficient (Wildman–Crippen LogP) is 3.66. The summed E-state index contributed by atoms with van der Waals surface area (Å²) < 4.78 is 2.35. The van der Waals surface area contributed by atoms with Crippen LogP contribution in [0.2, 0.25) is 0 Å². The molecule has 0 radical (unpaired) electrons. The minimum Gasteiger partial charge on any atom is -0.314 e. The summed E-state index contributed by atoms with van der Waals surface area (Å²) in [6, 6.07) is 0.682. The van der Waals surface area contributed by atoms with Crippen LogP contribution in [-0.2, 0) is 13.0 Å². The van der Waals surface area contributed by atoms with Gasteiger partial charge in [-0.15, -0.1) is 10.2 Å². The Bertz CT molecular complexity index is 405. The van der Waals surface area contributed by atoms with Gasteiger partial charge in [0.15, 0.2) is 5.16 Å². The van der Waals surface area contributed by atoms with Crippen molar-refractivity contribution in [3.63, 3.8) is 0 Å². The molecule has 0 saturated carbocycles. The molecule has 21 heavy (non-hydrogen) atoms. The summed E-state index contributed by atoms with van der Waals surface area (Å²) in [5.74, 6) is 2.36. The van der Waals surface area contributed by atoms with E-state index in [2.05, 4.69) is 33.9 Å². The molecular weight excluding hydrogens is 280 g/mol. The van der Waals surface area contributed by atoms with Crippen LogP contribution in [0.15, 0.2) is 5.16 Å². The summed E-state index contributed by atoms with van der Waals surface area (Å²) in [5.41, 5.74) is 0. The highest BCUT2D eigenvalue weighted by atomic mass is 32.2. The normalized spacial score (nSPS) is 16.5. The highest BCUT2D eigenvalue weighted by Gasteiger charge is 2.14. The maximum Gasteiger partial charge on any atom is 0.191 e. The molecule has 0 saturated heterocycles. The zero-order valence-electron chi connectivity index (χ0n) is 13.6. The number of fused-ring (bicyclic) bond motifs is 1. The topological polar surface area (TPSA) is 42.7 Å². The van der Waals surface area contributed by atoms with Crippen molar-refractivity contribution in [3.05, 3.63) is 5.82 Å². The molecule has 1 aliphatic heterocycles. The second-order valence-electron chi connectivity index (χ2n) is 5.91. The quantitative estimate of drug-likeness (QED) is 0.558. The number of hydrogen-bond donors (Lipinski definition) is 1. The minimum absolute atomic E-state index is 0.682. The molecule has 1 aromatic heterocycles. The van der Waals surface area contributed by atoms with Gasteiger partial charge in [-0.2, -0.15) is 0 Å². The molecule has 1 aliphatic rings. The van der Waals surface area contributed by atoms with Gasteiger partial charge in [-0.1, -0.05) is 32.0 Å². The first-order valence-electron chi connectivity index (χ1n) is 8.63. The van der Waals surface area contributed by atoms with E-state index in [4.69, 9.17) is 0 Å². The summed E-state index contributed by atoms with van der Waals surface area (Å²) in [5, 5.41) is 13.5. The average molecular weight is 311 g/mol. The fourth-order valence-corrected chi connectivity index (χ4v) is 3.80. The summed E-state index contributed by atoms with van der Waals surface area (Å²) in [6.45, 7) is 6.76. The molecule has 0 aromatic carbocycles. The van der Waals surface area contributed by atoms with E-state index in [-0.39, 0.29) is 0 Å². The van der Waals surface area contributed by atoms with Gasteiger partial charge in [-0.05, 0) is 45.1 Å². The molecule has 1 N–H and O–H groups in total. The monoisotopic (exact) mass is 310 g/mol. The third kappa shape index (κ3) is 5.29. The van der Waals surface area contributed by atoms with Crippen LogP contribution in [0.3, 0.4) is 0 Å². The number of nitrogens with one attached hydrogen (secondary N) is 1. The van der Waals surface area contributed by atoms with E-state index in [1.54, 1.807) is 0 Å². The van der Waals surface area contributed by atoms with Crippen molar-refractivity contribution in [1.29, 1.82) is 0 Å². The Labute approximate surface area is 133 Å². The van der Waals surface area contributed by atoms with E-state index >= 15 is 0 Å². The largest absolute Gasteiger partial charge is 0.314 e. The zero-order valence-corrected chi connectivity index (χ0v) is 14.4. The van der Waals surface area contributed by atoms with Gasteiger partial charge < -0.3 is 9.88 Å². The molecule has 2 rings (SSSR count). The molecule has 0 amide bonds. The highest BCUT2D eigenvalue weighted by molar-refractivity contribution is 7.99. The molecule has 0 fully saturated rings. The van der Waals surface area contributed by atoms with Crippen molar-refractivity contribution in [2.45, 2.75) is 83.0 Å². The van der Waals surface area contributed by atoms with Gasteiger partial charge in [0.2, 0.25) is 0 Å². The van der Waals surface area contributed by atoms with E-state index in [9.17, 15) is 0 Å². The second kappa shape index (κ2) is 9.46. The van der Waals surface area contributed by atoms with Crippen molar-refractivity contribution in [2.75, 3.05) is 12.3 Å². The van der Waals surface area contributed by atoms with Crippen molar-refractivity contribution >= 4 is 11.8 Å². The van der Waals surface area contributed by atoms with Crippen LogP contribution < -0.4 is 5.32 Å². The van der Waals surface area contributed by atoms with Crippen LogP contribution in [-0.4, -0.2) is 33.1 Å². The van der Waals surface area contributed by atoms with Crippen LogP contribution in [0.25, 0.3) is 0 Å². The van der Waals surface area contributed by atoms with Crippen LogP contribution >= 0.6 is 11.8 Å². The fourth-order valence-electron chi connectivity index (χ4n) is 2.86. The zero-order chi connectivity index (χ0) is 14.9. The Morgan fingerprint density at radius 3 is 2.95 bits per heavy atom. The average Bonchev–Trinajstić information content (AvgIpc) is 2.73. The fraction of sp³-hybridized carbons (Fsp3) is 0.875. The minimum atomic E-state index is 0.682. The lowest BCUT2D eigenvalue weighted by Crippen LogP contribution is -2.29. The molecule has 4 nitrogen and oxygen atoms in total. The Balaban J connectivity index is 1.72. The summed E-state index contributed by atoms with van der Waals surface area (Å²) in [7, 11) is 0. The summed E-state index contributed by atoms with van der Waals surface area (Å²) >= 11 is 1.89. The van der Waals surface area contributed by atoms with E-state index in [1.807, 2.05) is 11.8 Å². The Morgan fingerprint density at radius 1 is 1.24 bits per heavy atom. The molecule has 0 aliphatic carbocycles. The van der Waals surface area contributed by atoms with Gasteiger partial charge in [0.25, 0.3) is 0 Å². The number of aromatic nitrogens is 3. The Kier molecular flexibility index (Phi) is 7.58. The molecule has 0 spiro atoms. The van der Waals surface area contributed by atoms with Gasteiger partial charge in [0.05, 0.1) is 0 Å². The molecule has 0 bridgehead atoms. The third-order valence-electron chi connectivity index (χ3n) is 4.18. The van der Waals surface area contributed by atoms with E-state index in [0.29, 0.717) is 6.04 Å². The van der Waals surface area contributed by atoms with Gasteiger partial charge >= 0.3 is 0 Å². The van der Waals surface area contributed by atoms with Crippen molar-refractivity contribution in [2.24, 2.45) is 0 Å². The Morgan fingerprint density at radius 2 is 2.14 bits per heavy atom. The standard InChI is InChI=1S/C16H30N4S/c1-3-11-17-14(4-2)9-8-13-21-16-19-18-15-10-6-5-7-12-20(15)16/h14,17H,3-13H2,1-2H3.